The van der Waals surface area contributed by atoms with Crippen molar-refractivity contribution in [3.8, 4) is 11.3 Å². The fourth-order valence-corrected chi connectivity index (χ4v) is 4.77. The van der Waals surface area contributed by atoms with Crippen LogP contribution in [0.3, 0.4) is 0 Å². The Bertz CT molecular complexity index is 1380. The van der Waals surface area contributed by atoms with Crippen molar-refractivity contribution >= 4 is 52.4 Å². The van der Waals surface area contributed by atoms with Crippen LogP contribution in [0.1, 0.15) is 11.3 Å². The highest BCUT2D eigenvalue weighted by Gasteiger charge is 2.14. The van der Waals surface area contributed by atoms with Crippen LogP contribution in [0.15, 0.2) is 65.8 Å². The first-order valence-electron chi connectivity index (χ1n) is 9.75. The van der Waals surface area contributed by atoms with E-state index in [9.17, 15) is 0 Å². The van der Waals surface area contributed by atoms with Crippen molar-refractivity contribution in [2.24, 2.45) is 0 Å². The summed E-state index contributed by atoms with van der Waals surface area (Å²) in [7, 11) is 0. The number of anilines is 2. The molecule has 0 bridgehead atoms. The summed E-state index contributed by atoms with van der Waals surface area (Å²) in [5.74, 6) is 2.44. The quantitative estimate of drug-likeness (QED) is 0.282. The summed E-state index contributed by atoms with van der Waals surface area (Å²) in [6.45, 7) is 1.91. The number of nitrogens with zero attached hydrogens (tertiary/aromatic N) is 5. The number of thioether (sulfide) groups is 1. The number of aryl methyl sites for hydroxylation is 1. The molecule has 0 unspecified atom stereocenters. The van der Waals surface area contributed by atoms with E-state index in [1.807, 2.05) is 67.6 Å². The molecule has 5 aromatic rings. The highest BCUT2D eigenvalue weighted by molar-refractivity contribution is 7.98. The van der Waals surface area contributed by atoms with Crippen molar-refractivity contribution in [2.45, 2.75) is 17.8 Å². The topological polar surface area (TPSA) is 83.8 Å². The third-order valence-corrected chi connectivity index (χ3v) is 6.32. The van der Waals surface area contributed by atoms with Crippen LogP contribution in [-0.4, -0.2) is 29.8 Å². The van der Waals surface area contributed by atoms with Crippen LogP contribution in [0.2, 0.25) is 10.0 Å². The van der Waals surface area contributed by atoms with Gasteiger partial charge in [0.1, 0.15) is 5.82 Å². The van der Waals surface area contributed by atoms with E-state index < -0.39 is 0 Å². The molecule has 0 saturated carbocycles. The van der Waals surface area contributed by atoms with Gasteiger partial charge in [0.25, 0.3) is 5.78 Å². The molecule has 0 amide bonds. The third kappa shape index (κ3) is 4.29. The van der Waals surface area contributed by atoms with Crippen LogP contribution in [-0.2, 0) is 5.75 Å². The zero-order chi connectivity index (χ0) is 22.1. The first-order chi connectivity index (χ1) is 15.6. The molecule has 0 aliphatic heterocycles. The second kappa shape index (κ2) is 8.82. The molecule has 0 saturated heterocycles. The number of hydrogen-bond acceptors (Lipinski definition) is 6. The van der Waals surface area contributed by atoms with E-state index in [4.69, 9.17) is 23.2 Å². The lowest BCUT2D eigenvalue weighted by atomic mass is 10.2. The molecule has 160 valence electrons. The fraction of sp³-hybridized carbons (Fsp3) is 0.0909. The molecular formula is C22H17Cl2N7S. The molecule has 3 heterocycles. The number of nitrogens with one attached hydrogen (secondary N) is 2. The van der Waals surface area contributed by atoms with Gasteiger partial charge in [-0.05, 0) is 30.2 Å². The van der Waals surface area contributed by atoms with Crippen LogP contribution >= 0.6 is 35.0 Å². The van der Waals surface area contributed by atoms with Gasteiger partial charge in [0, 0.05) is 33.6 Å². The minimum atomic E-state index is 0.499. The molecule has 10 heteroatoms. The third-order valence-electron chi connectivity index (χ3n) is 4.75. The van der Waals surface area contributed by atoms with Gasteiger partial charge in [-0.2, -0.15) is 14.6 Å². The maximum atomic E-state index is 6.28. The normalized spacial score (nSPS) is 11.2. The van der Waals surface area contributed by atoms with E-state index in [2.05, 4.69) is 30.6 Å². The lowest BCUT2D eigenvalue weighted by molar-refractivity contribution is 0.881. The number of halogens is 2. The average molecular weight is 482 g/mol. The molecule has 2 N–H and O–H groups in total. The number of H-pyrrole nitrogens is 1. The lowest BCUT2D eigenvalue weighted by Gasteiger charge is -2.05. The van der Waals surface area contributed by atoms with E-state index in [-0.39, 0.29) is 0 Å². The van der Waals surface area contributed by atoms with Gasteiger partial charge in [-0.3, -0.25) is 5.10 Å². The zero-order valence-electron chi connectivity index (χ0n) is 16.9. The van der Waals surface area contributed by atoms with Gasteiger partial charge in [0.05, 0.1) is 5.69 Å². The molecule has 0 radical (unpaired) electrons. The van der Waals surface area contributed by atoms with Crippen LogP contribution in [0, 0.1) is 6.92 Å². The molecule has 0 fully saturated rings. The van der Waals surface area contributed by atoms with Crippen molar-refractivity contribution < 1.29 is 0 Å². The van der Waals surface area contributed by atoms with Crippen LogP contribution < -0.4 is 5.32 Å². The Morgan fingerprint density at radius 1 is 1.00 bits per heavy atom. The predicted molar refractivity (Wildman–Crippen MR) is 129 cm³/mol. The van der Waals surface area contributed by atoms with E-state index in [1.54, 1.807) is 4.52 Å². The summed E-state index contributed by atoms with van der Waals surface area (Å²) in [5.41, 5.74) is 3.65. The Morgan fingerprint density at radius 3 is 2.56 bits per heavy atom. The Labute approximate surface area is 198 Å². The standard InChI is InChI=1S/C22H17Cl2N7S/c1-13-10-20(26-19-11-18(28-29-19)14-6-3-2-4-7-14)31-21(25-13)27-22(30-31)32-12-15-16(23)8-5-9-17(15)24/h2-11H,12H2,1H3,(H2,26,28,29). The SMILES string of the molecule is Cc1cc(Nc2cc(-c3ccccc3)[nH]n2)n2nc(SCc3c(Cl)cccc3Cl)nc2n1. The zero-order valence-corrected chi connectivity index (χ0v) is 19.2. The summed E-state index contributed by atoms with van der Waals surface area (Å²) < 4.78 is 1.67. The van der Waals surface area contributed by atoms with Gasteiger partial charge < -0.3 is 5.32 Å². The Kier molecular flexibility index (Phi) is 5.73. The smallest absolute Gasteiger partial charge is 0.255 e. The Hall–Kier alpha value is -3.07. The summed E-state index contributed by atoms with van der Waals surface area (Å²) in [5, 5.41) is 17.2. The van der Waals surface area contributed by atoms with Crippen LogP contribution in [0.25, 0.3) is 17.0 Å². The van der Waals surface area contributed by atoms with Gasteiger partial charge in [-0.25, -0.2) is 4.98 Å². The molecule has 32 heavy (non-hydrogen) atoms. The molecule has 0 atom stereocenters. The first-order valence-corrected chi connectivity index (χ1v) is 11.5. The molecule has 0 spiro atoms. The maximum Gasteiger partial charge on any atom is 0.255 e. The van der Waals surface area contributed by atoms with Crippen molar-refractivity contribution in [3.05, 3.63) is 82.0 Å². The Balaban J connectivity index is 1.41. The van der Waals surface area contributed by atoms with E-state index in [1.165, 1.54) is 11.8 Å². The van der Waals surface area contributed by atoms with Crippen molar-refractivity contribution in [1.82, 2.24) is 29.8 Å². The van der Waals surface area contributed by atoms with E-state index >= 15 is 0 Å². The number of hydrogen-bond donors (Lipinski definition) is 2. The van der Waals surface area contributed by atoms with Gasteiger partial charge in [0.15, 0.2) is 5.82 Å². The highest BCUT2D eigenvalue weighted by atomic mass is 35.5. The lowest BCUT2D eigenvalue weighted by Crippen LogP contribution is -2.02. The Morgan fingerprint density at radius 2 is 1.78 bits per heavy atom. The second-order valence-corrected chi connectivity index (χ2v) is 8.79. The molecule has 5 rings (SSSR count). The fourth-order valence-electron chi connectivity index (χ4n) is 3.21. The first kappa shape index (κ1) is 20.8. The number of benzene rings is 2. The molecular weight excluding hydrogens is 465 g/mol. The van der Waals surface area contributed by atoms with Gasteiger partial charge in [-0.1, -0.05) is 71.4 Å². The van der Waals surface area contributed by atoms with Crippen molar-refractivity contribution in [2.75, 3.05) is 5.32 Å². The number of rotatable bonds is 6. The summed E-state index contributed by atoms with van der Waals surface area (Å²) in [4.78, 5) is 9.05. The van der Waals surface area contributed by atoms with Crippen LogP contribution in [0.5, 0.6) is 0 Å². The van der Waals surface area contributed by atoms with Crippen molar-refractivity contribution in [3.63, 3.8) is 0 Å². The maximum absolute atomic E-state index is 6.28. The number of fused-ring (bicyclic) bond motifs is 1. The molecule has 0 aliphatic carbocycles. The van der Waals surface area contributed by atoms with Crippen LogP contribution in [0.4, 0.5) is 11.6 Å². The number of aromatic nitrogens is 6. The van der Waals surface area contributed by atoms with E-state index in [0.717, 1.165) is 22.5 Å². The summed E-state index contributed by atoms with van der Waals surface area (Å²) in [6.07, 6.45) is 0. The molecule has 0 aliphatic rings. The molecule has 7 nitrogen and oxygen atoms in total. The van der Waals surface area contributed by atoms with Crippen molar-refractivity contribution in [1.29, 1.82) is 0 Å². The van der Waals surface area contributed by atoms with E-state index in [0.29, 0.717) is 38.4 Å². The largest absolute Gasteiger partial charge is 0.323 e. The summed E-state index contributed by atoms with van der Waals surface area (Å²) >= 11 is 14.0. The molecule has 3 aromatic heterocycles. The minimum absolute atomic E-state index is 0.499. The second-order valence-electron chi connectivity index (χ2n) is 7.04. The van der Waals surface area contributed by atoms with Gasteiger partial charge in [-0.15, -0.1) is 5.10 Å². The molecule has 2 aromatic carbocycles. The monoisotopic (exact) mass is 481 g/mol. The van der Waals surface area contributed by atoms with Gasteiger partial charge in [0.2, 0.25) is 5.16 Å². The van der Waals surface area contributed by atoms with Gasteiger partial charge >= 0.3 is 0 Å². The number of aromatic amines is 1. The highest BCUT2D eigenvalue weighted by Crippen LogP contribution is 2.31. The average Bonchev–Trinajstić information content (AvgIpc) is 3.41. The summed E-state index contributed by atoms with van der Waals surface area (Å²) in [6, 6.07) is 19.3. The minimum Gasteiger partial charge on any atom is -0.323 e. The predicted octanol–water partition coefficient (Wildman–Crippen LogP) is 6.17.